The van der Waals surface area contributed by atoms with Crippen molar-refractivity contribution in [3.8, 4) is 0 Å². The molecule has 0 aliphatic heterocycles. The lowest BCUT2D eigenvalue weighted by atomic mass is 9.86. The molecule has 0 aliphatic rings. The normalized spacial score (nSPS) is 13.0. The summed E-state index contributed by atoms with van der Waals surface area (Å²) in [6, 6.07) is -0.0377. The van der Waals surface area contributed by atoms with Crippen LogP contribution in [0.25, 0.3) is 0 Å². The maximum absolute atomic E-state index is 12.0. The predicted octanol–water partition coefficient (Wildman–Crippen LogP) is 4.13. The zero-order chi connectivity index (χ0) is 16.3. The van der Waals surface area contributed by atoms with Gasteiger partial charge >= 0.3 is 5.97 Å². The molecule has 0 rings (SSSR count). The molecule has 0 radical (unpaired) electrons. The van der Waals surface area contributed by atoms with Crippen LogP contribution in [0.15, 0.2) is 0 Å². The van der Waals surface area contributed by atoms with E-state index in [0.29, 0.717) is 12.8 Å². The smallest absolute Gasteiger partial charge is 0.303 e. The van der Waals surface area contributed by atoms with E-state index in [-0.39, 0.29) is 23.8 Å². The molecule has 4 heteroatoms. The lowest BCUT2D eigenvalue weighted by molar-refractivity contribution is -0.137. The number of carbonyl (C=O) groups is 2. The highest BCUT2D eigenvalue weighted by Crippen LogP contribution is 2.23. The minimum Gasteiger partial charge on any atom is -0.481 e. The molecule has 0 aromatic rings. The van der Waals surface area contributed by atoms with Crippen LogP contribution in [0, 0.1) is 5.41 Å². The Morgan fingerprint density at radius 2 is 1.67 bits per heavy atom. The molecule has 0 fully saturated rings. The van der Waals surface area contributed by atoms with Crippen molar-refractivity contribution < 1.29 is 14.7 Å². The Hall–Kier alpha value is -1.06. The van der Waals surface area contributed by atoms with Gasteiger partial charge in [-0.05, 0) is 24.7 Å². The van der Waals surface area contributed by atoms with E-state index in [1.54, 1.807) is 0 Å². The maximum Gasteiger partial charge on any atom is 0.303 e. The number of carboxylic acid groups (broad SMARTS) is 1. The number of nitrogens with one attached hydrogen (secondary N) is 1. The Kier molecular flexibility index (Phi) is 10.1. The second-order valence-corrected chi connectivity index (χ2v) is 7.13. The maximum atomic E-state index is 12.0. The van der Waals surface area contributed by atoms with Crippen LogP contribution in [0.2, 0.25) is 0 Å². The van der Waals surface area contributed by atoms with Crippen LogP contribution in [-0.4, -0.2) is 23.0 Å². The molecule has 4 nitrogen and oxygen atoms in total. The molecule has 0 saturated carbocycles. The first-order valence-corrected chi connectivity index (χ1v) is 8.25. The molecule has 0 aliphatic carbocycles. The first-order chi connectivity index (χ1) is 9.74. The fourth-order valence-electron chi connectivity index (χ4n) is 2.45. The minimum atomic E-state index is -0.803. The van der Waals surface area contributed by atoms with Gasteiger partial charge in [0.25, 0.3) is 0 Å². The summed E-state index contributed by atoms with van der Waals surface area (Å²) in [5, 5.41) is 11.8. The van der Waals surface area contributed by atoms with Gasteiger partial charge in [-0.3, -0.25) is 9.59 Å². The van der Waals surface area contributed by atoms with E-state index in [1.807, 2.05) is 0 Å². The van der Waals surface area contributed by atoms with Gasteiger partial charge in [-0.25, -0.2) is 0 Å². The molecule has 0 saturated heterocycles. The van der Waals surface area contributed by atoms with E-state index in [1.165, 1.54) is 19.3 Å². The molecule has 124 valence electrons. The van der Waals surface area contributed by atoms with Gasteiger partial charge in [-0.15, -0.1) is 0 Å². The van der Waals surface area contributed by atoms with Gasteiger partial charge < -0.3 is 10.4 Å². The Morgan fingerprint density at radius 3 is 2.19 bits per heavy atom. The highest BCUT2D eigenvalue weighted by molar-refractivity contribution is 5.76. The number of aliphatic carboxylic acids is 1. The number of rotatable bonds is 11. The summed E-state index contributed by atoms with van der Waals surface area (Å²) in [7, 11) is 0. The number of carboxylic acids is 1. The Bertz CT molecular complexity index is 308. The fourth-order valence-corrected chi connectivity index (χ4v) is 2.45. The van der Waals surface area contributed by atoms with Gasteiger partial charge in [0, 0.05) is 18.9 Å². The summed E-state index contributed by atoms with van der Waals surface area (Å²) >= 11 is 0. The van der Waals surface area contributed by atoms with Crippen molar-refractivity contribution >= 4 is 11.9 Å². The standard InChI is InChI=1S/C17H33NO3/c1-5-6-7-8-9-10-15(19)18-14(11-12-16(20)21)13-17(2,3)4/h14H,5-13H2,1-4H3,(H,18,19)(H,20,21)/t14-/m1/s1. The molecule has 0 heterocycles. The molecule has 0 bridgehead atoms. The van der Waals surface area contributed by atoms with E-state index in [4.69, 9.17) is 5.11 Å². The third-order valence-electron chi connectivity index (χ3n) is 3.44. The van der Waals surface area contributed by atoms with E-state index < -0.39 is 5.97 Å². The average molecular weight is 299 g/mol. The van der Waals surface area contributed by atoms with E-state index in [0.717, 1.165) is 19.3 Å². The average Bonchev–Trinajstić information content (AvgIpc) is 2.34. The molecule has 0 aromatic carbocycles. The molecule has 2 N–H and O–H groups in total. The highest BCUT2D eigenvalue weighted by Gasteiger charge is 2.21. The van der Waals surface area contributed by atoms with Crippen molar-refractivity contribution in [2.75, 3.05) is 0 Å². The second-order valence-electron chi connectivity index (χ2n) is 7.13. The Balaban J connectivity index is 4.12. The van der Waals surface area contributed by atoms with Gasteiger partial charge in [0.05, 0.1) is 0 Å². The minimum absolute atomic E-state index is 0.0377. The number of hydrogen-bond acceptors (Lipinski definition) is 2. The van der Waals surface area contributed by atoms with Crippen LogP contribution >= 0.6 is 0 Å². The summed E-state index contributed by atoms with van der Waals surface area (Å²) in [6.07, 6.45) is 7.62. The Labute approximate surface area is 129 Å². The quantitative estimate of drug-likeness (QED) is 0.564. The van der Waals surface area contributed by atoms with Gasteiger partial charge in [-0.1, -0.05) is 53.4 Å². The first-order valence-electron chi connectivity index (χ1n) is 8.25. The summed E-state index contributed by atoms with van der Waals surface area (Å²) < 4.78 is 0. The summed E-state index contributed by atoms with van der Waals surface area (Å²) in [6.45, 7) is 8.50. The molecule has 1 atom stereocenters. The Morgan fingerprint density at radius 1 is 1.05 bits per heavy atom. The summed E-state index contributed by atoms with van der Waals surface area (Å²) in [4.78, 5) is 22.7. The number of carbonyl (C=O) groups excluding carboxylic acids is 1. The second kappa shape index (κ2) is 10.6. The molecule has 0 unspecified atom stereocenters. The summed E-state index contributed by atoms with van der Waals surface area (Å²) in [5.41, 5.74) is 0.0809. The van der Waals surface area contributed by atoms with Crippen molar-refractivity contribution in [1.29, 1.82) is 0 Å². The van der Waals surface area contributed by atoms with Gasteiger partial charge in [-0.2, -0.15) is 0 Å². The van der Waals surface area contributed by atoms with Crippen LogP contribution in [0.1, 0.15) is 85.5 Å². The lowest BCUT2D eigenvalue weighted by Crippen LogP contribution is -2.37. The van der Waals surface area contributed by atoms with Gasteiger partial charge in [0.1, 0.15) is 0 Å². The first kappa shape index (κ1) is 19.9. The van der Waals surface area contributed by atoms with Gasteiger partial charge in [0.2, 0.25) is 5.91 Å². The topological polar surface area (TPSA) is 66.4 Å². The zero-order valence-electron chi connectivity index (χ0n) is 14.2. The predicted molar refractivity (Wildman–Crippen MR) is 86.2 cm³/mol. The molecular weight excluding hydrogens is 266 g/mol. The number of unbranched alkanes of at least 4 members (excludes halogenated alkanes) is 4. The van der Waals surface area contributed by atoms with E-state index in [2.05, 4.69) is 33.0 Å². The molecule has 0 aromatic heterocycles. The third kappa shape index (κ3) is 13.7. The third-order valence-corrected chi connectivity index (χ3v) is 3.44. The van der Waals surface area contributed by atoms with Crippen LogP contribution in [0.4, 0.5) is 0 Å². The van der Waals surface area contributed by atoms with Gasteiger partial charge in [0.15, 0.2) is 0 Å². The van der Waals surface area contributed by atoms with E-state index in [9.17, 15) is 9.59 Å². The molecule has 21 heavy (non-hydrogen) atoms. The van der Waals surface area contributed by atoms with Crippen LogP contribution in [0.5, 0.6) is 0 Å². The molecular formula is C17H33NO3. The van der Waals surface area contributed by atoms with Crippen LogP contribution < -0.4 is 5.32 Å². The summed E-state index contributed by atoms with van der Waals surface area (Å²) in [5.74, 6) is -0.742. The zero-order valence-corrected chi connectivity index (χ0v) is 14.2. The molecule has 0 spiro atoms. The van der Waals surface area contributed by atoms with Crippen molar-refractivity contribution in [1.82, 2.24) is 5.32 Å². The van der Waals surface area contributed by atoms with Crippen LogP contribution in [0.3, 0.4) is 0 Å². The number of amides is 1. The van der Waals surface area contributed by atoms with E-state index >= 15 is 0 Å². The highest BCUT2D eigenvalue weighted by atomic mass is 16.4. The lowest BCUT2D eigenvalue weighted by Gasteiger charge is -2.26. The largest absolute Gasteiger partial charge is 0.481 e. The van der Waals surface area contributed by atoms with Crippen molar-refractivity contribution in [2.24, 2.45) is 5.41 Å². The molecule has 1 amide bonds. The van der Waals surface area contributed by atoms with Crippen molar-refractivity contribution in [3.63, 3.8) is 0 Å². The fraction of sp³-hybridized carbons (Fsp3) is 0.882. The van der Waals surface area contributed by atoms with Crippen molar-refractivity contribution in [3.05, 3.63) is 0 Å². The van der Waals surface area contributed by atoms with Crippen molar-refractivity contribution in [2.45, 2.75) is 91.5 Å². The van der Waals surface area contributed by atoms with Crippen LogP contribution in [-0.2, 0) is 9.59 Å². The monoisotopic (exact) mass is 299 g/mol. The SMILES string of the molecule is CCCCCCCC(=O)N[C@H](CCC(=O)O)CC(C)(C)C. The number of hydrogen-bond donors (Lipinski definition) is 2.